The van der Waals surface area contributed by atoms with Crippen LogP contribution in [0.3, 0.4) is 0 Å². The SMILES string of the molecule is CCCc1nc2ccc(Br)cc2c(=O)n1N=Cc1cc(Cl)c(OCc2ccc(Cl)cc2Cl)c(Br)c1. The maximum Gasteiger partial charge on any atom is 0.282 e. The number of fused-ring (bicyclic) bond motifs is 1. The van der Waals surface area contributed by atoms with E-state index in [9.17, 15) is 4.79 Å². The Morgan fingerprint density at radius 2 is 1.86 bits per heavy atom. The van der Waals surface area contributed by atoms with E-state index in [0.717, 1.165) is 16.5 Å². The predicted molar refractivity (Wildman–Crippen MR) is 151 cm³/mol. The molecule has 1 heterocycles. The Kier molecular flexibility index (Phi) is 8.55. The molecule has 0 unspecified atom stereocenters. The average molecular weight is 659 g/mol. The van der Waals surface area contributed by atoms with Gasteiger partial charge >= 0.3 is 0 Å². The van der Waals surface area contributed by atoms with Crippen molar-refractivity contribution in [2.45, 2.75) is 26.4 Å². The summed E-state index contributed by atoms with van der Waals surface area (Å²) in [6.07, 6.45) is 3.01. The van der Waals surface area contributed by atoms with Crippen LogP contribution < -0.4 is 10.3 Å². The van der Waals surface area contributed by atoms with Crippen LogP contribution in [0, 0.1) is 0 Å². The average Bonchev–Trinajstić information content (AvgIpc) is 2.80. The lowest BCUT2D eigenvalue weighted by atomic mass is 10.2. The third-order valence-electron chi connectivity index (χ3n) is 5.08. The van der Waals surface area contributed by atoms with Crippen LogP contribution >= 0.6 is 66.7 Å². The van der Waals surface area contributed by atoms with Crippen molar-refractivity contribution in [3.8, 4) is 5.75 Å². The summed E-state index contributed by atoms with van der Waals surface area (Å²) in [6, 6.07) is 14.2. The maximum absolute atomic E-state index is 13.2. The van der Waals surface area contributed by atoms with Gasteiger partial charge in [-0.15, -0.1) is 0 Å². The van der Waals surface area contributed by atoms with Crippen molar-refractivity contribution in [2.24, 2.45) is 5.10 Å². The molecule has 0 aliphatic rings. The molecule has 0 aliphatic heterocycles. The smallest absolute Gasteiger partial charge is 0.282 e. The van der Waals surface area contributed by atoms with E-state index in [1.807, 2.05) is 25.1 Å². The molecule has 5 nitrogen and oxygen atoms in total. The van der Waals surface area contributed by atoms with E-state index in [1.54, 1.807) is 36.5 Å². The molecule has 10 heteroatoms. The van der Waals surface area contributed by atoms with Crippen molar-refractivity contribution in [3.05, 3.63) is 99.8 Å². The second kappa shape index (κ2) is 11.4. The first kappa shape index (κ1) is 26.2. The Morgan fingerprint density at radius 3 is 2.57 bits per heavy atom. The van der Waals surface area contributed by atoms with Gasteiger partial charge in [-0.05, 0) is 70.4 Å². The molecule has 0 aliphatic carbocycles. The molecule has 4 rings (SSSR count). The minimum Gasteiger partial charge on any atom is -0.486 e. The molecule has 1 aromatic heterocycles. The second-order valence-electron chi connectivity index (χ2n) is 7.64. The first-order valence-electron chi connectivity index (χ1n) is 10.6. The first-order chi connectivity index (χ1) is 16.8. The number of aromatic nitrogens is 2. The van der Waals surface area contributed by atoms with Gasteiger partial charge in [0.2, 0.25) is 0 Å². The van der Waals surface area contributed by atoms with Crippen molar-refractivity contribution in [1.82, 2.24) is 9.66 Å². The van der Waals surface area contributed by atoms with Gasteiger partial charge in [-0.1, -0.05) is 63.7 Å². The van der Waals surface area contributed by atoms with Gasteiger partial charge in [-0.25, -0.2) is 4.98 Å². The number of nitrogens with zero attached hydrogens (tertiary/aromatic N) is 3. The third kappa shape index (κ3) is 6.09. The van der Waals surface area contributed by atoms with E-state index < -0.39 is 0 Å². The van der Waals surface area contributed by atoms with Crippen molar-refractivity contribution in [3.63, 3.8) is 0 Å². The molecule has 0 amide bonds. The molecule has 0 saturated heterocycles. The van der Waals surface area contributed by atoms with Gasteiger partial charge in [0.15, 0.2) is 5.75 Å². The highest BCUT2D eigenvalue weighted by atomic mass is 79.9. The Labute approximate surface area is 233 Å². The van der Waals surface area contributed by atoms with Gasteiger partial charge in [-0.2, -0.15) is 9.78 Å². The molecule has 0 saturated carbocycles. The van der Waals surface area contributed by atoms with Crippen LogP contribution in [0.15, 0.2) is 67.4 Å². The zero-order valence-electron chi connectivity index (χ0n) is 18.4. The number of ether oxygens (including phenoxy) is 1. The largest absolute Gasteiger partial charge is 0.486 e. The highest BCUT2D eigenvalue weighted by molar-refractivity contribution is 9.10. The van der Waals surface area contributed by atoms with E-state index in [1.165, 1.54) is 4.68 Å². The number of rotatable bonds is 7. The molecule has 0 fully saturated rings. The van der Waals surface area contributed by atoms with Crippen molar-refractivity contribution < 1.29 is 4.74 Å². The molecule has 0 N–H and O–H groups in total. The van der Waals surface area contributed by atoms with Gasteiger partial charge < -0.3 is 4.74 Å². The highest BCUT2D eigenvalue weighted by Gasteiger charge is 2.13. The fraction of sp³-hybridized carbons (Fsp3) is 0.160. The van der Waals surface area contributed by atoms with Crippen LogP contribution in [0.4, 0.5) is 0 Å². The minimum absolute atomic E-state index is 0.218. The Hall–Kier alpha value is -1.90. The van der Waals surface area contributed by atoms with Crippen LogP contribution in [0.25, 0.3) is 10.9 Å². The van der Waals surface area contributed by atoms with Gasteiger partial charge in [0.1, 0.15) is 12.4 Å². The molecule has 3 aromatic carbocycles. The fourth-order valence-electron chi connectivity index (χ4n) is 3.40. The Morgan fingerprint density at radius 1 is 1.06 bits per heavy atom. The molecular weight excluding hydrogens is 640 g/mol. The summed E-state index contributed by atoms with van der Waals surface area (Å²) in [7, 11) is 0. The maximum atomic E-state index is 13.2. The van der Waals surface area contributed by atoms with Crippen LogP contribution in [0.1, 0.15) is 30.3 Å². The molecule has 4 aromatic rings. The van der Waals surface area contributed by atoms with Crippen molar-refractivity contribution in [2.75, 3.05) is 0 Å². The minimum atomic E-state index is -0.235. The van der Waals surface area contributed by atoms with Gasteiger partial charge in [-0.3, -0.25) is 4.79 Å². The van der Waals surface area contributed by atoms with Crippen LogP contribution in [0.5, 0.6) is 5.75 Å². The van der Waals surface area contributed by atoms with E-state index in [2.05, 4.69) is 41.9 Å². The van der Waals surface area contributed by atoms with Crippen molar-refractivity contribution in [1.29, 1.82) is 0 Å². The van der Waals surface area contributed by atoms with Crippen LogP contribution in [-0.2, 0) is 13.0 Å². The third-order valence-corrected chi connectivity index (χ3v) is 7.03. The molecule has 180 valence electrons. The number of halogens is 5. The normalized spacial score (nSPS) is 11.5. The lowest BCUT2D eigenvalue weighted by Gasteiger charge is -2.12. The summed E-state index contributed by atoms with van der Waals surface area (Å²) in [4.78, 5) is 17.8. The fourth-order valence-corrected chi connectivity index (χ4v) is 5.22. The summed E-state index contributed by atoms with van der Waals surface area (Å²) in [5.74, 6) is 1.06. The summed E-state index contributed by atoms with van der Waals surface area (Å²) in [5, 5.41) is 6.38. The molecule has 35 heavy (non-hydrogen) atoms. The lowest BCUT2D eigenvalue weighted by molar-refractivity contribution is 0.304. The van der Waals surface area contributed by atoms with Crippen LogP contribution in [-0.4, -0.2) is 15.9 Å². The first-order valence-corrected chi connectivity index (χ1v) is 13.3. The van der Waals surface area contributed by atoms with E-state index in [4.69, 9.17) is 39.5 Å². The highest BCUT2D eigenvalue weighted by Crippen LogP contribution is 2.35. The molecule has 0 spiro atoms. The number of benzene rings is 3. The topological polar surface area (TPSA) is 56.5 Å². The van der Waals surface area contributed by atoms with Gasteiger partial charge in [0.25, 0.3) is 5.56 Å². The number of hydrogen-bond donors (Lipinski definition) is 0. The van der Waals surface area contributed by atoms with Crippen molar-refractivity contribution >= 4 is 83.8 Å². The van der Waals surface area contributed by atoms with Gasteiger partial charge in [0.05, 0.1) is 26.6 Å². The zero-order chi connectivity index (χ0) is 25.1. The standard InChI is InChI=1S/C25H18Br2Cl3N3O2/c1-2-3-23-32-22-7-5-16(26)10-18(22)25(34)33(23)31-12-14-8-19(27)24(21(30)9-14)35-13-15-4-6-17(28)11-20(15)29/h4-12H,2-3,13H2,1H3. The van der Waals surface area contributed by atoms with E-state index >= 15 is 0 Å². The summed E-state index contributed by atoms with van der Waals surface area (Å²) in [5.41, 5.74) is 1.87. The number of hydrogen-bond acceptors (Lipinski definition) is 4. The second-order valence-corrected chi connectivity index (χ2v) is 10.7. The van der Waals surface area contributed by atoms with Gasteiger partial charge in [0, 0.05) is 26.5 Å². The lowest BCUT2D eigenvalue weighted by Crippen LogP contribution is -2.22. The summed E-state index contributed by atoms with van der Waals surface area (Å²) < 4.78 is 8.68. The quantitative estimate of drug-likeness (QED) is 0.188. The Bertz CT molecular complexity index is 1480. The predicted octanol–water partition coefficient (Wildman–Crippen LogP) is 8.30. The van der Waals surface area contributed by atoms with E-state index in [-0.39, 0.29) is 12.2 Å². The molecule has 0 atom stereocenters. The van der Waals surface area contributed by atoms with Crippen LogP contribution in [0.2, 0.25) is 15.1 Å². The molecular formula is C25H18Br2Cl3N3O2. The Balaban J connectivity index is 1.63. The monoisotopic (exact) mass is 655 g/mol. The number of aryl methyl sites for hydroxylation is 1. The zero-order valence-corrected chi connectivity index (χ0v) is 23.8. The summed E-state index contributed by atoms with van der Waals surface area (Å²) in [6.45, 7) is 2.24. The molecule has 0 radical (unpaired) electrons. The summed E-state index contributed by atoms with van der Waals surface area (Å²) >= 11 is 25.6. The van der Waals surface area contributed by atoms with E-state index in [0.29, 0.717) is 54.0 Å². The molecule has 0 bridgehead atoms.